The summed E-state index contributed by atoms with van der Waals surface area (Å²) in [4.78, 5) is 11.9. The number of carbonyl (C=O) groups is 1. The average Bonchev–Trinajstić information content (AvgIpc) is 3.37. The first-order valence-electron chi connectivity index (χ1n) is 10.6. The summed E-state index contributed by atoms with van der Waals surface area (Å²) >= 11 is 0. The maximum atomic E-state index is 11.9. The van der Waals surface area contributed by atoms with Crippen LogP contribution >= 0.6 is 0 Å². The van der Waals surface area contributed by atoms with Gasteiger partial charge in [0.25, 0.3) is 0 Å². The molecule has 0 saturated heterocycles. The van der Waals surface area contributed by atoms with Gasteiger partial charge in [0.15, 0.2) is 5.78 Å². The number of ketones is 1. The third kappa shape index (κ3) is 1.94. The van der Waals surface area contributed by atoms with Gasteiger partial charge in [-0.25, -0.2) is 0 Å². The molecule has 0 unspecified atom stereocenters. The fourth-order valence-electron chi connectivity index (χ4n) is 7.94. The van der Waals surface area contributed by atoms with Crippen molar-refractivity contribution in [1.82, 2.24) is 0 Å². The van der Waals surface area contributed by atoms with Gasteiger partial charge in [0.05, 0.1) is 5.60 Å². The Balaban J connectivity index is 1.53. The third-order valence-corrected chi connectivity index (χ3v) is 9.39. The summed E-state index contributed by atoms with van der Waals surface area (Å²) in [7, 11) is 0. The number of fused-ring (bicyclic) bond motifs is 7. The van der Waals surface area contributed by atoms with Crippen LogP contribution in [0.2, 0.25) is 0 Å². The molecule has 0 radical (unpaired) electrons. The van der Waals surface area contributed by atoms with Gasteiger partial charge in [-0.1, -0.05) is 26.0 Å². The molecule has 26 heavy (non-hydrogen) atoms. The lowest BCUT2D eigenvalue weighted by atomic mass is 9.47. The minimum absolute atomic E-state index is 0.0245. The third-order valence-electron chi connectivity index (χ3n) is 9.39. The van der Waals surface area contributed by atoms with Crippen molar-refractivity contribution in [3.05, 3.63) is 23.8 Å². The molecule has 3 fully saturated rings. The minimum Gasteiger partial charge on any atom is -0.396 e. The molecule has 5 rings (SSSR count). The molecule has 5 aliphatic carbocycles. The van der Waals surface area contributed by atoms with E-state index in [2.05, 4.69) is 26.0 Å². The van der Waals surface area contributed by atoms with E-state index in [1.54, 1.807) is 0 Å². The van der Waals surface area contributed by atoms with E-state index < -0.39 is 5.60 Å². The molecule has 0 aromatic carbocycles. The fraction of sp³-hybridized carbons (Fsp3) is 0.783. The zero-order valence-electron chi connectivity index (χ0n) is 16.1. The van der Waals surface area contributed by atoms with Crippen molar-refractivity contribution in [1.29, 1.82) is 0 Å². The standard InChI is InChI=1S/C23H32O3/c1-21-9-6-15(25)12-14(21)4-5-16-18(21)7-10-22(2)20(16)17-13-19(17)23(22,26)8-3-11-24/h4-5,12,16-20,24,26H,3,6-11,13H2,1-2H3/t16-,17+,18+,19-,20-,21+,22+,23+/m1/s1. The Morgan fingerprint density at radius 3 is 2.81 bits per heavy atom. The summed E-state index contributed by atoms with van der Waals surface area (Å²) in [5.74, 6) is 3.06. The second kappa shape index (κ2) is 5.32. The maximum Gasteiger partial charge on any atom is 0.156 e. The summed E-state index contributed by atoms with van der Waals surface area (Å²) in [6, 6.07) is 0. The van der Waals surface area contributed by atoms with Gasteiger partial charge in [-0.2, -0.15) is 0 Å². The molecule has 142 valence electrons. The van der Waals surface area contributed by atoms with Crippen molar-refractivity contribution in [3.8, 4) is 0 Å². The Hall–Kier alpha value is -0.930. The van der Waals surface area contributed by atoms with Crippen molar-refractivity contribution < 1.29 is 15.0 Å². The van der Waals surface area contributed by atoms with Crippen LogP contribution in [0.25, 0.3) is 0 Å². The number of carbonyl (C=O) groups excluding carboxylic acids is 1. The molecule has 0 amide bonds. The molecule has 2 N–H and O–H groups in total. The first-order chi connectivity index (χ1) is 12.3. The molecule has 0 aromatic heterocycles. The predicted molar refractivity (Wildman–Crippen MR) is 100 cm³/mol. The van der Waals surface area contributed by atoms with Crippen LogP contribution in [0.5, 0.6) is 0 Å². The van der Waals surface area contributed by atoms with E-state index in [0.717, 1.165) is 32.1 Å². The van der Waals surface area contributed by atoms with Crippen molar-refractivity contribution in [2.24, 2.45) is 40.4 Å². The number of aliphatic hydroxyl groups excluding tert-OH is 1. The quantitative estimate of drug-likeness (QED) is 0.811. The molecule has 0 heterocycles. The fourth-order valence-corrected chi connectivity index (χ4v) is 7.94. The lowest BCUT2D eigenvalue weighted by molar-refractivity contribution is -0.141. The Bertz CT molecular complexity index is 708. The van der Waals surface area contributed by atoms with Gasteiger partial charge >= 0.3 is 0 Å². The first kappa shape index (κ1) is 17.2. The van der Waals surface area contributed by atoms with Crippen LogP contribution in [0.1, 0.15) is 58.8 Å². The Labute approximate surface area is 156 Å². The van der Waals surface area contributed by atoms with Gasteiger partial charge in [0, 0.05) is 18.4 Å². The van der Waals surface area contributed by atoms with E-state index in [1.807, 2.05) is 6.08 Å². The normalized spacial score (nSPS) is 54.1. The lowest BCUT2D eigenvalue weighted by Gasteiger charge is -2.58. The molecule has 5 aliphatic rings. The summed E-state index contributed by atoms with van der Waals surface area (Å²) in [6.45, 7) is 4.89. The average molecular weight is 357 g/mol. The van der Waals surface area contributed by atoms with Crippen LogP contribution in [-0.4, -0.2) is 28.2 Å². The van der Waals surface area contributed by atoms with Crippen LogP contribution in [-0.2, 0) is 4.79 Å². The zero-order valence-corrected chi connectivity index (χ0v) is 16.1. The number of hydrogen-bond donors (Lipinski definition) is 2. The SMILES string of the molecule is C[C@]12CCC(=O)C=C1C=C[C@H]1[C@@H]3[C@H]4C[C@H]4[C@@](O)(CCCO)[C@@]3(C)CC[C@@H]12. The molecule has 0 aromatic rings. The van der Waals surface area contributed by atoms with Gasteiger partial charge in [-0.3, -0.25) is 4.79 Å². The summed E-state index contributed by atoms with van der Waals surface area (Å²) in [5, 5.41) is 21.1. The zero-order chi connectivity index (χ0) is 18.3. The van der Waals surface area contributed by atoms with Crippen LogP contribution in [0.15, 0.2) is 23.8 Å². The second-order valence-electron chi connectivity index (χ2n) is 10.3. The lowest BCUT2D eigenvalue weighted by Crippen LogP contribution is -2.56. The number of aliphatic hydroxyl groups is 2. The van der Waals surface area contributed by atoms with Gasteiger partial charge in [-0.05, 0) is 85.2 Å². The Morgan fingerprint density at radius 1 is 1.23 bits per heavy atom. The highest BCUT2D eigenvalue weighted by molar-refractivity contribution is 5.92. The highest BCUT2D eigenvalue weighted by Gasteiger charge is 2.75. The maximum absolute atomic E-state index is 11.9. The predicted octanol–water partition coefficient (Wildman–Crippen LogP) is 3.65. The molecule has 0 aliphatic heterocycles. The summed E-state index contributed by atoms with van der Waals surface area (Å²) < 4.78 is 0. The number of rotatable bonds is 3. The van der Waals surface area contributed by atoms with Gasteiger partial charge in [-0.15, -0.1) is 0 Å². The topological polar surface area (TPSA) is 57.5 Å². The van der Waals surface area contributed by atoms with Crippen molar-refractivity contribution in [3.63, 3.8) is 0 Å². The van der Waals surface area contributed by atoms with E-state index >= 15 is 0 Å². The molecule has 3 saturated carbocycles. The summed E-state index contributed by atoms with van der Waals surface area (Å²) in [6.07, 6.45) is 13.0. The first-order valence-corrected chi connectivity index (χ1v) is 10.6. The number of hydrogen-bond acceptors (Lipinski definition) is 3. The Morgan fingerprint density at radius 2 is 2.04 bits per heavy atom. The van der Waals surface area contributed by atoms with E-state index in [9.17, 15) is 15.0 Å². The van der Waals surface area contributed by atoms with E-state index in [4.69, 9.17) is 0 Å². The Kier molecular flexibility index (Phi) is 3.52. The molecule has 3 nitrogen and oxygen atoms in total. The molecule has 3 heteroatoms. The minimum atomic E-state index is -0.594. The van der Waals surface area contributed by atoms with Crippen molar-refractivity contribution >= 4 is 5.78 Å². The molecule has 8 atom stereocenters. The molecular weight excluding hydrogens is 324 g/mol. The molecule has 0 bridgehead atoms. The highest BCUT2D eigenvalue weighted by atomic mass is 16.3. The highest BCUT2D eigenvalue weighted by Crippen LogP contribution is 2.76. The summed E-state index contributed by atoms with van der Waals surface area (Å²) in [5.41, 5.74) is 0.761. The van der Waals surface area contributed by atoms with Crippen LogP contribution in [0.4, 0.5) is 0 Å². The van der Waals surface area contributed by atoms with Crippen LogP contribution < -0.4 is 0 Å². The van der Waals surface area contributed by atoms with Crippen LogP contribution in [0, 0.1) is 40.4 Å². The van der Waals surface area contributed by atoms with Crippen molar-refractivity contribution in [2.75, 3.05) is 6.61 Å². The van der Waals surface area contributed by atoms with Crippen molar-refractivity contribution in [2.45, 2.75) is 64.4 Å². The monoisotopic (exact) mass is 356 g/mol. The second-order valence-corrected chi connectivity index (χ2v) is 10.3. The van der Waals surface area contributed by atoms with E-state index in [1.165, 1.54) is 5.57 Å². The molecule has 0 spiro atoms. The van der Waals surface area contributed by atoms with E-state index in [0.29, 0.717) is 42.4 Å². The molecular formula is C23H32O3. The van der Waals surface area contributed by atoms with Gasteiger partial charge in [0.1, 0.15) is 0 Å². The number of allylic oxidation sites excluding steroid dienone is 4. The van der Waals surface area contributed by atoms with Crippen LogP contribution in [0.3, 0.4) is 0 Å². The van der Waals surface area contributed by atoms with Gasteiger partial charge < -0.3 is 10.2 Å². The largest absolute Gasteiger partial charge is 0.396 e. The van der Waals surface area contributed by atoms with E-state index in [-0.39, 0.29) is 23.2 Å². The van der Waals surface area contributed by atoms with Gasteiger partial charge in [0.2, 0.25) is 0 Å². The smallest absolute Gasteiger partial charge is 0.156 e.